The summed E-state index contributed by atoms with van der Waals surface area (Å²) in [5, 5.41) is 6.91. The molecule has 0 radical (unpaired) electrons. The Bertz CT molecular complexity index is 1060. The second-order valence-electron chi connectivity index (χ2n) is 6.60. The summed E-state index contributed by atoms with van der Waals surface area (Å²) in [6.07, 6.45) is -0.226. The molecular formula is C20H16F3N3O5. The molecule has 1 atom stereocenters. The van der Waals surface area contributed by atoms with Gasteiger partial charge in [-0.25, -0.2) is 13.2 Å². The molecule has 0 bridgehead atoms. The first-order chi connectivity index (χ1) is 14.7. The normalized spacial score (nSPS) is 14.8. The van der Waals surface area contributed by atoms with Crippen molar-refractivity contribution in [1.82, 2.24) is 5.32 Å². The molecule has 11 heteroatoms. The van der Waals surface area contributed by atoms with Crippen LogP contribution in [0.15, 0.2) is 36.4 Å². The summed E-state index contributed by atoms with van der Waals surface area (Å²) >= 11 is 0. The van der Waals surface area contributed by atoms with Gasteiger partial charge in [0, 0.05) is 23.9 Å². The maximum Gasteiger partial charge on any atom is 0.314 e. The third kappa shape index (κ3) is 5.59. The molecule has 8 nitrogen and oxygen atoms in total. The number of carbonyl (C=O) groups excluding carboxylic acids is 4. The van der Waals surface area contributed by atoms with E-state index < -0.39 is 60.2 Å². The summed E-state index contributed by atoms with van der Waals surface area (Å²) in [6.45, 7) is -1.23. The highest BCUT2D eigenvalue weighted by Gasteiger charge is 2.32. The number of rotatable bonds is 6. The monoisotopic (exact) mass is 435 g/mol. The zero-order chi connectivity index (χ0) is 22.5. The van der Waals surface area contributed by atoms with Gasteiger partial charge in [-0.2, -0.15) is 0 Å². The fourth-order valence-electron chi connectivity index (χ4n) is 2.89. The van der Waals surface area contributed by atoms with Gasteiger partial charge in [0.2, 0.25) is 11.8 Å². The number of nitrogens with one attached hydrogen (secondary N) is 3. The van der Waals surface area contributed by atoms with Crippen LogP contribution in [0.4, 0.5) is 24.5 Å². The zero-order valence-electron chi connectivity index (χ0n) is 15.8. The van der Waals surface area contributed by atoms with Crippen LogP contribution in [0.25, 0.3) is 0 Å². The number of amides is 3. The average molecular weight is 435 g/mol. The number of esters is 1. The van der Waals surface area contributed by atoms with Gasteiger partial charge in [-0.1, -0.05) is 6.07 Å². The van der Waals surface area contributed by atoms with E-state index in [2.05, 4.69) is 16.0 Å². The van der Waals surface area contributed by atoms with E-state index in [9.17, 15) is 32.3 Å². The summed E-state index contributed by atoms with van der Waals surface area (Å²) in [5.74, 6) is -6.69. The fraction of sp³-hybridized carbons (Fsp3) is 0.200. The molecule has 3 rings (SSSR count). The Morgan fingerprint density at radius 3 is 2.55 bits per heavy atom. The Morgan fingerprint density at radius 1 is 1.03 bits per heavy atom. The van der Waals surface area contributed by atoms with Crippen LogP contribution in [0, 0.1) is 17.5 Å². The number of anilines is 2. The molecule has 0 aromatic heterocycles. The Morgan fingerprint density at radius 2 is 1.81 bits per heavy atom. The molecule has 162 valence electrons. The lowest BCUT2D eigenvalue weighted by Gasteiger charge is -2.24. The van der Waals surface area contributed by atoms with Gasteiger partial charge in [-0.05, 0) is 29.8 Å². The highest BCUT2D eigenvalue weighted by Crippen LogP contribution is 2.33. The molecule has 0 spiro atoms. The van der Waals surface area contributed by atoms with E-state index >= 15 is 0 Å². The lowest BCUT2D eigenvalue weighted by molar-refractivity contribution is -0.151. The van der Waals surface area contributed by atoms with Crippen LogP contribution in [0.3, 0.4) is 0 Å². The van der Waals surface area contributed by atoms with Crippen molar-refractivity contribution in [3.63, 3.8) is 0 Å². The molecule has 3 N–H and O–H groups in total. The first-order valence-corrected chi connectivity index (χ1v) is 9.00. The average Bonchev–Trinajstić information content (AvgIpc) is 2.72. The minimum Gasteiger partial charge on any atom is -0.455 e. The summed E-state index contributed by atoms with van der Waals surface area (Å²) in [5.41, 5.74) is 0.504. The lowest BCUT2D eigenvalue weighted by atomic mass is 9.90. The summed E-state index contributed by atoms with van der Waals surface area (Å²) in [4.78, 5) is 47.7. The van der Waals surface area contributed by atoms with Crippen molar-refractivity contribution in [2.45, 2.75) is 12.3 Å². The van der Waals surface area contributed by atoms with E-state index in [1.165, 1.54) is 6.07 Å². The summed E-state index contributed by atoms with van der Waals surface area (Å²) < 4.78 is 44.2. The standard InChI is InChI=1S/C20H16F3N3O5/c21-10-1-3-12-13(7-17(27)26-16(12)5-10)20(30)31-9-19(29)24-8-18(28)25-11-2-4-14(22)15(23)6-11/h1-6,13H,7-9H2,(H,24,29)(H,25,28)(H,26,27). The predicted octanol–water partition coefficient (Wildman–Crippen LogP) is 1.83. The first kappa shape index (κ1) is 21.8. The Hall–Kier alpha value is -3.89. The Kier molecular flexibility index (Phi) is 6.53. The van der Waals surface area contributed by atoms with Crippen molar-refractivity contribution in [2.75, 3.05) is 23.8 Å². The van der Waals surface area contributed by atoms with Crippen LogP contribution in [0.1, 0.15) is 17.9 Å². The second-order valence-corrected chi connectivity index (χ2v) is 6.60. The van der Waals surface area contributed by atoms with Crippen LogP contribution >= 0.6 is 0 Å². The van der Waals surface area contributed by atoms with Gasteiger partial charge in [-0.3, -0.25) is 19.2 Å². The van der Waals surface area contributed by atoms with Crippen LogP contribution in [-0.2, 0) is 23.9 Å². The quantitative estimate of drug-likeness (QED) is 0.599. The molecule has 0 saturated carbocycles. The van der Waals surface area contributed by atoms with E-state index in [4.69, 9.17) is 4.74 Å². The molecule has 0 fully saturated rings. The maximum absolute atomic E-state index is 13.3. The second kappa shape index (κ2) is 9.28. The van der Waals surface area contributed by atoms with Gasteiger partial charge in [-0.15, -0.1) is 0 Å². The predicted molar refractivity (Wildman–Crippen MR) is 101 cm³/mol. The van der Waals surface area contributed by atoms with E-state index in [0.717, 1.165) is 30.3 Å². The largest absolute Gasteiger partial charge is 0.455 e. The molecule has 1 aliphatic rings. The van der Waals surface area contributed by atoms with Gasteiger partial charge in [0.05, 0.1) is 12.5 Å². The molecule has 1 aliphatic heterocycles. The van der Waals surface area contributed by atoms with E-state index in [1.54, 1.807) is 0 Å². The lowest BCUT2D eigenvalue weighted by Crippen LogP contribution is -2.36. The molecular weight excluding hydrogens is 419 g/mol. The van der Waals surface area contributed by atoms with Crippen molar-refractivity contribution in [3.8, 4) is 0 Å². The van der Waals surface area contributed by atoms with Crippen molar-refractivity contribution in [2.24, 2.45) is 0 Å². The van der Waals surface area contributed by atoms with E-state index in [1.807, 2.05) is 0 Å². The van der Waals surface area contributed by atoms with Crippen LogP contribution in [-0.4, -0.2) is 36.8 Å². The van der Waals surface area contributed by atoms with Gasteiger partial charge in [0.25, 0.3) is 5.91 Å². The van der Waals surface area contributed by atoms with Crippen LogP contribution in [0.5, 0.6) is 0 Å². The van der Waals surface area contributed by atoms with Crippen LogP contribution < -0.4 is 16.0 Å². The molecule has 0 aliphatic carbocycles. The zero-order valence-corrected chi connectivity index (χ0v) is 15.8. The smallest absolute Gasteiger partial charge is 0.314 e. The van der Waals surface area contributed by atoms with Crippen molar-refractivity contribution < 1.29 is 37.1 Å². The van der Waals surface area contributed by atoms with Crippen molar-refractivity contribution in [1.29, 1.82) is 0 Å². The van der Waals surface area contributed by atoms with Crippen molar-refractivity contribution >= 4 is 35.1 Å². The fourth-order valence-corrected chi connectivity index (χ4v) is 2.89. The number of hydrogen-bond donors (Lipinski definition) is 3. The highest BCUT2D eigenvalue weighted by atomic mass is 19.2. The topological polar surface area (TPSA) is 114 Å². The van der Waals surface area contributed by atoms with Gasteiger partial charge in [0.15, 0.2) is 18.2 Å². The number of hydrogen-bond acceptors (Lipinski definition) is 5. The first-order valence-electron chi connectivity index (χ1n) is 9.00. The molecule has 3 amide bonds. The van der Waals surface area contributed by atoms with Crippen molar-refractivity contribution in [3.05, 3.63) is 59.4 Å². The number of ether oxygens (including phenoxy) is 1. The number of halogens is 3. The third-order valence-electron chi connectivity index (χ3n) is 4.33. The highest BCUT2D eigenvalue weighted by molar-refractivity contribution is 6.00. The number of benzene rings is 2. The Labute approximate surface area is 173 Å². The minimum absolute atomic E-state index is 0.00439. The Balaban J connectivity index is 1.48. The van der Waals surface area contributed by atoms with Gasteiger partial charge >= 0.3 is 5.97 Å². The van der Waals surface area contributed by atoms with Crippen LogP contribution in [0.2, 0.25) is 0 Å². The van der Waals surface area contributed by atoms with Gasteiger partial charge < -0.3 is 20.7 Å². The minimum atomic E-state index is -1.14. The molecule has 1 unspecified atom stereocenters. The van der Waals surface area contributed by atoms with E-state index in [-0.39, 0.29) is 17.8 Å². The summed E-state index contributed by atoms with van der Waals surface area (Å²) in [6, 6.07) is 6.31. The maximum atomic E-state index is 13.3. The molecule has 31 heavy (non-hydrogen) atoms. The van der Waals surface area contributed by atoms with E-state index in [0.29, 0.717) is 5.56 Å². The molecule has 1 heterocycles. The third-order valence-corrected chi connectivity index (χ3v) is 4.33. The molecule has 2 aromatic rings. The molecule has 0 saturated heterocycles. The van der Waals surface area contributed by atoms with Gasteiger partial charge in [0.1, 0.15) is 5.82 Å². The number of carbonyl (C=O) groups is 4. The number of fused-ring (bicyclic) bond motifs is 1. The SMILES string of the molecule is O=C(COC(=O)C1CC(=O)Nc2cc(F)ccc21)NCC(=O)Nc1ccc(F)c(F)c1. The molecule has 2 aromatic carbocycles. The summed E-state index contributed by atoms with van der Waals surface area (Å²) in [7, 11) is 0.